The topological polar surface area (TPSA) is 79.9 Å². The smallest absolute Gasteiger partial charge is 0.252 e. The SMILES string of the molecule is CCN1CCN(CCn2c3ccc(C(C)=NOC)cc3c3c4c(c5c(c32)CCc2nn(C)cc2-5)C(=O)NC4)CC1. The molecule has 40 heavy (non-hydrogen) atoms. The number of hydrogen-bond donors (Lipinski definition) is 1. The minimum atomic E-state index is 0.0211. The Balaban J connectivity index is 1.46. The standard InChI is InChI=1S/C31H37N7O2/c1-5-36-10-12-37(13-11-36)14-15-38-26-9-6-20(19(2)34-40-4)16-22(26)28-23-17-32-31(39)29(23)27-21(30(28)38)7-8-25-24(27)18-35(3)33-25/h6,9,16,18H,5,7-8,10-15,17H2,1-4H3,(H,32,39). The summed E-state index contributed by atoms with van der Waals surface area (Å²) in [4.78, 5) is 23.6. The molecule has 1 N–H and O–H groups in total. The van der Waals surface area contributed by atoms with E-state index in [1.165, 1.54) is 27.4 Å². The number of aryl methyl sites for hydroxylation is 3. The van der Waals surface area contributed by atoms with Crippen LogP contribution in [0.15, 0.2) is 29.6 Å². The summed E-state index contributed by atoms with van der Waals surface area (Å²) in [7, 11) is 3.55. The van der Waals surface area contributed by atoms with Crippen LogP contribution in [0.25, 0.3) is 32.9 Å². The van der Waals surface area contributed by atoms with Crippen molar-refractivity contribution in [1.82, 2.24) is 29.5 Å². The van der Waals surface area contributed by atoms with Crippen molar-refractivity contribution in [1.29, 1.82) is 0 Å². The van der Waals surface area contributed by atoms with Crippen LogP contribution in [0.3, 0.4) is 0 Å². The summed E-state index contributed by atoms with van der Waals surface area (Å²) in [6, 6.07) is 6.61. The van der Waals surface area contributed by atoms with Crippen LogP contribution in [-0.4, -0.2) is 82.1 Å². The van der Waals surface area contributed by atoms with Crippen molar-refractivity contribution >= 4 is 33.4 Å². The van der Waals surface area contributed by atoms with Gasteiger partial charge in [-0.05, 0) is 55.1 Å². The Morgan fingerprint density at radius 3 is 2.65 bits per heavy atom. The predicted molar refractivity (Wildman–Crippen MR) is 158 cm³/mol. The van der Waals surface area contributed by atoms with Crippen LogP contribution in [0.4, 0.5) is 0 Å². The number of amides is 1. The van der Waals surface area contributed by atoms with Crippen LogP contribution < -0.4 is 5.32 Å². The first-order valence-electron chi connectivity index (χ1n) is 14.5. The van der Waals surface area contributed by atoms with Gasteiger partial charge < -0.3 is 19.6 Å². The summed E-state index contributed by atoms with van der Waals surface area (Å²) in [5.41, 5.74) is 10.9. The van der Waals surface area contributed by atoms with Gasteiger partial charge in [-0.1, -0.05) is 18.1 Å². The number of nitrogens with one attached hydrogen (secondary N) is 1. The number of oxime groups is 1. The van der Waals surface area contributed by atoms with Crippen LogP contribution in [-0.2, 0) is 37.8 Å². The molecule has 9 heteroatoms. The van der Waals surface area contributed by atoms with Crippen LogP contribution in [0.2, 0.25) is 0 Å². The molecule has 208 valence electrons. The van der Waals surface area contributed by atoms with E-state index in [1.54, 1.807) is 7.11 Å². The maximum Gasteiger partial charge on any atom is 0.252 e. The van der Waals surface area contributed by atoms with Crippen molar-refractivity contribution in [2.45, 2.75) is 39.8 Å². The predicted octanol–water partition coefficient (Wildman–Crippen LogP) is 3.54. The summed E-state index contributed by atoms with van der Waals surface area (Å²) >= 11 is 0. The maximum atomic E-state index is 13.4. The molecule has 0 saturated carbocycles. The lowest BCUT2D eigenvalue weighted by Crippen LogP contribution is -2.46. The Hall–Kier alpha value is -3.69. The normalized spacial score (nSPS) is 17.8. The van der Waals surface area contributed by atoms with Gasteiger partial charge in [0.05, 0.1) is 22.5 Å². The molecular formula is C31H37N7O2. The van der Waals surface area contributed by atoms with Crippen LogP contribution >= 0.6 is 0 Å². The number of nitrogens with zero attached hydrogens (tertiary/aromatic N) is 6. The molecule has 9 nitrogen and oxygen atoms in total. The van der Waals surface area contributed by atoms with E-state index in [-0.39, 0.29) is 5.91 Å². The van der Waals surface area contributed by atoms with Gasteiger partial charge >= 0.3 is 0 Å². The molecule has 1 amide bonds. The molecule has 0 atom stereocenters. The number of fused-ring (bicyclic) bond motifs is 10. The fraction of sp³-hybridized carbons (Fsp3) is 0.452. The first kappa shape index (κ1) is 25.3. The lowest BCUT2D eigenvalue weighted by atomic mass is 9.82. The van der Waals surface area contributed by atoms with Crippen molar-refractivity contribution in [3.63, 3.8) is 0 Å². The van der Waals surface area contributed by atoms with Crippen molar-refractivity contribution in [3.05, 3.63) is 52.3 Å². The summed E-state index contributed by atoms with van der Waals surface area (Å²) in [6.07, 6.45) is 3.84. The highest BCUT2D eigenvalue weighted by Crippen LogP contribution is 2.46. The van der Waals surface area contributed by atoms with Crippen molar-refractivity contribution in [3.8, 4) is 11.1 Å². The molecular weight excluding hydrogens is 502 g/mol. The Kier molecular flexibility index (Phi) is 6.16. The maximum absolute atomic E-state index is 13.4. The van der Waals surface area contributed by atoms with E-state index in [1.807, 2.05) is 18.7 Å². The zero-order valence-electron chi connectivity index (χ0n) is 23.9. The van der Waals surface area contributed by atoms with Crippen molar-refractivity contribution in [2.24, 2.45) is 12.2 Å². The largest absolute Gasteiger partial charge is 0.399 e. The molecule has 3 aliphatic rings. The van der Waals surface area contributed by atoms with E-state index in [0.29, 0.717) is 6.54 Å². The number of hydrogen-bond acceptors (Lipinski definition) is 6. The van der Waals surface area contributed by atoms with E-state index in [2.05, 4.69) is 56.2 Å². The number of piperazine rings is 1. The second-order valence-electron chi connectivity index (χ2n) is 11.3. The first-order valence-corrected chi connectivity index (χ1v) is 14.5. The summed E-state index contributed by atoms with van der Waals surface area (Å²) in [5, 5.41) is 14.5. The van der Waals surface area contributed by atoms with E-state index in [4.69, 9.17) is 9.94 Å². The molecule has 7 rings (SSSR count). The van der Waals surface area contributed by atoms with Gasteiger partial charge in [-0.3, -0.25) is 14.4 Å². The van der Waals surface area contributed by atoms with Gasteiger partial charge in [0.25, 0.3) is 5.91 Å². The minimum Gasteiger partial charge on any atom is -0.399 e. The van der Waals surface area contributed by atoms with E-state index in [9.17, 15) is 4.79 Å². The Morgan fingerprint density at radius 1 is 1.07 bits per heavy atom. The van der Waals surface area contributed by atoms with Crippen molar-refractivity contribution in [2.75, 3.05) is 46.4 Å². The third-order valence-corrected chi connectivity index (χ3v) is 9.14. The first-order chi connectivity index (χ1) is 19.5. The van der Waals surface area contributed by atoms with Gasteiger partial charge in [-0.2, -0.15) is 5.10 Å². The summed E-state index contributed by atoms with van der Waals surface area (Å²) in [6.45, 7) is 12.3. The number of likely N-dealkylation sites (N-methyl/N-ethyl adjacent to an activating group) is 1. The average Bonchev–Trinajstić information content (AvgIpc) is 3.64. The number of carbonyl (C=O) groups is 1. The Morgan fingerprint density at radius 2 is 1.88 bits per heavy atom. The van der Waals surface area contributed by atoms with Gasteiger partial charge in [-0.25, -0.2) is 0 Å². The second-order valence-corrected chi connectivity index (χ2v) is 11.3. The highest BCUT2D eigenvalue weighted by molar-refractivity contribution is 6.20. The lowest BCUT2D eigenvalue weighted by molar-refractivity contribution is 0.0966. The van der Waals surface area contributed by atoms with E-state index < -0.39 is 0 Å². The molecule has 0 spiro atoms. The fourth-order valence-electron chi connectivity index (χ4n) is 7.13. The number of carbonyl (C=O) groups excluding carboxylic acids is 1. The molecule has 0 unspecified atom stereocenters. The van der Waals surface area contributed by atoms with Crippen LogP contribution in [0.5, 0.6) is 0 Å². The number of rotatable bonds is 6. The molecule has 1 fully saturated rings. The molecule has 2 aromatic carbocycles. The van der Waals surface area contributed by atoms with E-state index in [0.717, 1.165) is 97.9 Å². The third-order valence-electron chi connectivity index (χ3n) is 9.14. The quantitative estimate of drug-likeness (QED) is 0.300. The highest BCUT2D eigenvalue weighted by atomic mass is 16.6. The zero-order valence-corrected chi connectivity index (χ0v) is 23.9. The molecule has 0 radical (unpaired) electrons. The average molecular weight is 540 g/mol. The Bertz CT molecular complexity index is 1690. The highest BCUT2D eigenvalue weighted by Gasteiger charge is 2.35. The number of aromatic nitrogens is 3. The molecule has 0 bridgehead atoms. The third kappa shape index (κ3) is 3.86. The summed E-state index contributed by atoms with van der Waals surface area (Å²) < 4.78 is 4.42. The van der Waals surface area contributed by atoms with Gasteiger partial charge in [0.1, 0.15) is 7.11 Å². The lowest BCUT2D eigenvalue weighted by Gasteiger charge is -2.34. The van der Waals surface area contributed by atoms with Crippen molar-refractivity contribution < 1.29 is 9.63 Å². The molecule has 1 aliphatic carbocycles. The van der Waals surface area contributed by atoms with Gasteiger partial charge in [0.15, 0.2) is 0 Å². The fourth-order valence-corrected chi connectivity index (χ4v) is 7.13. The molecule has 4 heterocycles. The van der Waals surface area contributed by atoms with Gasteiger partial charge in [0, 0.05) is 86.5 Å². The molecule has 2 aliphatic heterocycles. The van der Waals surface area contributed by atoms with Gasteiger partial charge in [0.2, 0.25) is 0 Å². The minimum absolute atomic E-state index is 0.0211. The zero-order chi connectivity index (χ0) is 27.5. The second kappa shape index (κ2) is 9.74. The molecule has 1 saturated heterocycles. The molecule has 2 aromatic heterocycles. The summed E-state index contributed by atoms with van der Waals surface area (Å²) in [5.74, 6) is 0.0211. The van der Waals surface area contributed by atoms with Gasteiger partial charge in [-0.15, -0.1) is 0 Å². The van der Waals surface area contributed by atoms with Crippen LogP contribution in [0.1, 0.15) is 46.6 Å². The van der Waals surface area contributed by atoms with Crippen LogP contribution in [0, 0.1) is 0 Å². The molecule has 4 aromatic rings. The van der Waals surface area contributed by atoms with E-state index >= 15 is 0 Å². The monoisotopic (exact) mass is 539 g/mol. The number of benzene rings is 2. The Labute approximate surface area is 234 Å².